The summed E-state index contributed by atoms with van der Waals surface area (Å²) in [6, 6.07) is 18.3. The van der Waals surface area contributed by atoms with Gasteiger partial charge >= 0.3 is 6.09 Å². The summed E-state index contributed by atoms with van der Waals surface area (Å²) >= 11 is 1.27. The van der Waals surface area contributed by atoms with E-state index >= 15 is 0 Å². The molecule has 2 aromatic heterocycles. The summed E-state index contributed by atoms with van der Waals surface area (Å²) in [6.07, 6.45) is 0.790. The molecular formula is C31H32N6O5S. The van der Waals surface area contributed by atoms with Crippen molar-refractivity contribution in [2.45, 2.75) is 26.2 Å². The van der Waals surface area contributed by atoms with Gasteiger partial charge in [-0.05, 0) is 47.0 Å². The molecule has 0 saturated carbocycles. The van der Waals surface area contributed by atoms with E-state index in [1.54, 1.807) is 31.4 Å². The van der Waals surface area contributed by atoms with Gasteiger partial charge in [0.15, 0.2) is 5.13 Å². The zero-order valence-electron chi connectivity index (χ0n) is 24.2. The van der Waals surface area contributed by atoms with Crippen LogP contribution in [0, 0.1) is 0 Å². The number of anilines is 2. The first-order valence-corrected chi connectivity index (χ1v) is 14.2. The van der Waals surface area contributed by atoms with Crippen molar-refractivity contribution in [1.82, 2.24) is 15.3 Å². The Morgan fingerprint density at radius 2 is 1.72 bits per heavy atom. The third-order valence-corrected chi connectivity index (χ3v) is 7.45. The normalized spacial score (nSPS) is 11.0. The molecule has 2 aromatic carbocycles. The van der Waals surface area contributed by atoms with Gasteiger partial charge in [0.05, 0.1) is 12.2 Å². The van der Waals surface area contributed by atoms with Crippen LogP contribution in [-0.4, -0.2) is 54.0 Å². The first kappa shape index (κ1) is 30.8. The highest BCUT2D eigenvalue weighted by atomic mass is 32.1. The number of hydrogen-bond donors (Lipinski definition) is 3. The van der Waals surface area contributed by atoms with Crippen LogP contribution in [-0.2, 0) is 19.7 Å². The lowest BCUT2D eigenvalue weighted by molar-refractivity contribution is -0.116. The SMILES string of the molecule is CC(=O)N(C)c1cc(-c2cccc(-c3csc(NC(=O)CNC(=O)c4cccc(C(C)(C)COC(N)=O)c4)n3)c2)ccn1. The maximum atomic E-state index is 12.7. The summed E-state index contributed by atoms with van der Waals surface area (Å²) in [5, 5.41) is 7.58. The number of rotatable bonds is 10. The van der Waals surface area contributed by atoms with Gasteiger partial charge in [-0.2, -0.15) is 0 Å². The summed E-state index contributed by atoms with van der Waals surface area (Å²) in [4.78, 5) is 58.4. The Balaban J connectivity index is 1.37. The molecule has 4 N–H and O–H groups in total. The van der Waals surface area contributed by atoms with Crippen LogP contribution in [0.15, 0.2) is 72.2 Å². The van der Waals surface area contributed by atoms with Gasteiger partial charge in [-0.15, -0.1) is 11.3 Å². The summed E-state index contributed by atoms with van der Waals surface area (Å²) in [5.74, 6) is -0.410. The van der Waals surface area contributed by atoms with Gasteiger partial charge in [0, 0.05) is 42.1 Å². The van der Waals surface area contributed by atoms with Gasteiger partial charge in [-0.25, -0.2) is 14.8 Å². The lowest BCUT2D eigenvalue weighted by atomic mass is 9.84. The van der Waals surface area contributed by atoms with E-state index < -0.39 is 23.3 Å². The molecule has 0 unspecified atom stereocenters. The molecule has 11 nitrogen and oxygen atoms in total. The van der Waals surface area contributed by atoms with Gasteiger partial charge < -0.3 is 26.0 Å². The Kier molecular flexibility index (Phi) is 9.51. The van der Waals surface area contributed by atoms with Gasteiger partial charge in [-0.3, -0.25) is 14.4 Å². The molecule has 0 aliphatic heterocycles. The predicted molar refractivity (Wildman–Crippen MR) is 166 cm³/mol. The van der Waals surface area contributed by atoms with Crippen molar-refractivity contribution in [3.63, 3.8) is 0 Å². The molecule has 4 amide bonds. The molecule has 2 heterocycles. The van der Waals surface area contributed by atoms with Gasteiger partial charge in [-0.1, -0.05) is 44.2 Å². The minimum Gasteiger partial charge on any atom is -0.449 e. The third-order valence-electron chi connectivity index (χ3n) is 6.69. The van der Waals surface area contributed by atoms with E-state index in [1.807, 2.05) is 61.7 Å². The van der Waals surface area contributed by atoms with Crippen molar-refractivity contribution in [2.75, 3.05) is 30.4 Å². The molecule has 0 fully saturated rings. The Morgan fingerprint density at radius 1 is 1.00 bits per heavy atom. The van der Waals surface area contributed by atoms with E-state index in [1.165, 1.54) is 23.2 Å². The van der Waals surface area contributed by atoms with E-state index in [9.17, 15) is 19.2 Å². The molecular weight excluding hydrogens is 568 g/mol. The predicted octanol–water partition coefficient (Wildman–Crippen LogP) is 4.60. The number of benzene rings is 2. The molecule has 222 valence electrons. The summed E-state index contributed by atoms with van der Waals surface area (Å²) in [5.41, 5.74) is 9.00. The number of carbonyl (C=O) groups is 4. The Bertz CT molecular complexity index is 1670. The first-order chi connectivity index (χ1) is 20.4. The summed E-state index contributed by atoms with van der Waals surface area (Å²) in [7, 11) is 1.67. The highest BCUT2D eigenvalue weighted by Crippen LogP contribution is 2.30. The fourth-order valence-electron chi connectivity index (χ4n) is 4.11. The maximum Gasteiger partial charge on any atom is 0.404 e. The monoisotopic (exact) mass is 600 g/mol. The first-order valence-electron chi connectivity index (χ1n) is 13.3. The largest absolute Gasteiger partial charge is 0.449 e. The second-order valence-electron chi connectivity index (χ2n) is 10.4. The molecule has 0 aliphatic carbocycles. The zero-order valence-corrected chi connectivity index (χ0v) is 25.0. The summed E-state index contributed by atoms with van der Waals surface area (Å²) in [6.45, 7) is 5.02. The molecule has 0 saturated heterocycles. The number of nitrogens with two attached hydrogens (primary N) is 1. The number of nitrogens with one attached hydrogen (secondary N) is 2. The molecule has 0 aliphatic rings. The number of pyridine rings is 1. The van der Waals surface area contributed by atoms with Crippen molar-refractivity contribution in [1.29, 1.82) is 0 Å². The quantitative estimate of drug-likeness (QED) is 0.240. The van der Waals surface area contributed by atoms with E-state index in [4.69, 9.17) is 10.5 Å². The molecule has 4 aromatic rings. The second-order valence-corrected chi connectivity index (χ2v) is 11.3. The van der Waals surface area contributed by atoms with Crippen LogP contribution in [0.25, 0.3) is 22.4 Å². The number of amides is 4. The Morgan fingerprint density at radius 3 is 2.47 bits per heavy atom. The number of carbonyl (C=O) groups excluding carboxylic acids is 4. The van der Waals surface area contributed by atoms with E-state index in [2.05, 4.69) is 20.6 Å². The average Bonchev–Trinajstić information content (AvgIpc) is 3.47. The average molecular weight is 601 g/mol. The highest BCUT2D eigenvalue weighted by Gasteiger charge is 2.23. The van der Waals surface area contributed by atoms with Crippen LogP contribution in [0.4, 0.5) is 15.7 Å². The smallest absolute Gasteiger partial charge is 0.404 e. The van der Waals surface area contributed by atoms with E-state index in [0.717, 1.165) is 22.3 Å². The van der Waals surface area contributed by atoms with Crippen molar-refractivity contribution in [2.24, 2.45) is 5.73 Å². The van der Waals surface area contributed by atoms with Crippen LogP contribution < -0.4 is 21.3 Å². The molecule has 0 spiro atoms. The summed E-state index contributed by atoms with van der Waals surface area (Å²) < 4.78 is 4.94. The number of nitrogens with zero attached hydrogens (tertiary/aromatic N) is 3. The van der Waals surface area contributed by atoms with E-state index in [-0.39, 0.29) is 19.1 Å². The van der Waals surface area contributed by atoms with Crippen LogP contribution in [0.2, 0.25) is 0 Å². The third kappa shape index (κ3) is 8.01. The van der Waals surface area contributed by atoms with Crippen molar-refractivity contribution >= 4 is 46.1 Å². The molecule has 0 atom stereocenters. The maximum absolute atomic E-state index is 12.7. The van der Waals surface area contributed by atoms with Crippen LogP contribution in [0.1, 0.15) is 36.7 Å². The molecule has 0 radical (unpaired) electrons. The van der Waals surface area contributed by atoms with Gasteiger partial charge in [0.25, 0.3) is 5.91 Å². The van der Waals surface area contributed by atoms with Crippen molar-refractivity contribution in [3.05, 3.63) is 83.4 Å². The molecule has 12 heteroatoms. The Labute approximate surface area is 253 Å². The number of primary amides is 1. The zero-order chi connectivity index (χ0) is 31.1. The van der Waals surface area contributed by atoms with Crippen molar-refractivity contribution < 1.29 is 23.9 Å². The van der Waals surface area contributed by atoms with Gasteiger partial charge in [0.1, 0.15) is 12.4 Å². The molecule has 0 bridgehead atoms. The van der Waals surface area contributed by atoms with Crippen molar-refractivity contribution in [3.8, 4) is 22.4 Å². The lowest BCUT2D eigenvalue weighted by Crippen LogP contribution is -2.33. The number of hydrogen-bond acceptors (Lipinski definition) is 8. The second kappa shape index (κ2) is 13.3. The highest BCUT2D eigenvalue weighted by molar-refractivity contribution is 7.14. The fraction of sp³-hybridized carbons (Fsp3) is 0.226. The van der Waals surface area contributed by atoms with E-state index in [0.29, 0.717) is 22.2 Å². The lowest BCUT2D eigenvalue weighted by Gasteiger charge is -2.24. The molecule has 4 rings (SSSR count). The Hall–Kier alpha value is -5.10. The fourth-order valence-corrected chi connectivity index (χ4v) is 4.84. The van der Waals surface area contributed by atoms with Gasteiger partial charge in [0.2, 0.25) is 11.8 Å². The topological polar surface area (TPSA) is 157 Å². The minimum atomic E-state index is -0.868. The number of aromatic nitrogens is 2. The molecule has 43 heavy (non-hydrogen) atoms. The number of ether oxygens (including phenoxy) is 1. The van der Waals surface area contributed by atoms with Crippen LogP contribution in [0.3, 0.4) is 0 Å². The standard InChI is InChI=1S/C31H32N6O5S/c1-19(38)37(4)26-15-21(11-12-33-26)20-7-5-8-22(13-20)25-17-43-30(35-25)36-27(39)16-34-28(40)23-9-6-10-24(14-23)31(2,3)18-42-29(32)41/h5-15,17H,16,18H2,1-4H3,(H2,32,41)(H,34,40)(H,35,36,39). The van der Waals surface area contributed by atoms with Crippen LogP contribution in [0.5, 0.6) is 0 Å². The van der Waals surface area contributed by atoms with Crippen LogP contribution >= 0.6 is 11.3 Å². The number of thiazole rings is 1. The minimum absolute atomic E-state index is 0.0549.